The molecule has 0 unspecified atom stereocenters. The Labute approximate surface area is 110 Å². The van der Waals surface area contributed by atoms with Crippen LogP contribution in [-0.4, -0.2) is 27.5 Å². The van der Waals surface area contributed by atoms with Gasteiger partial charge < -0.3 is 5.32 Å². The molecule has 1 rings (SSSR count). The molecule has 90 valence electrons. The highest BCUT2D eigenvalue weighted by atomic mass is 79.9. The molecule has 0 saturated carbocycles. The van der Waals surface area contributed by atoms with Crippen molar-refractivity contribution >= 4 is 33.5 Å². The third-order valence-electron chi connectivity index (χ3n) is 2.31. The summed E-state index contributed by atoms with van der Waals surface area (Å²) in [5.41, 5.74) is 0. The van der Waals surface area contributed by atoms with E-state index in [0.717, 1.165) is 29.2 Å². The van der Waals surface area contributed by atoms with Gasteiger partial charge in [-0.15, -0.1) is 0 Å². The van der Waals surface area contributed by atoms with Crippen LogP contribution in [0, 0.1) is 0 Å². The first kappa shape index (κ1) is 13.8. The Morgan fingerprint density at radius 1 is 1.44 bits per heavy atom. The normalized spacial score (nSPS) is 11.6. The van der Waals surface area contributed by atoms with Gasteiger partial charge in [0, 0.05) is 23.8 Å². The molecule has 3 nitrogen and oxygen atoms in total. The first-order valence-corrected chi connectivity index (χ1v) is 7.31. The van der Waals surface area contributed by atoms with Crippen LogP contribution in [-0.2, 0) is 6.42 Å². The Bertz CT molecular complexity index is 355. The van der Waals surface area contributed by atoms with Crippen LogP contribution in [0.1, 0.15) is 26.6 Å². The van der Waals surface area contributed by atoms with Gasteiger partial charge in [0.05, 0.1) is 0 Å². The number of nitrogens with one attached hydrogen (secondary N) is 1. The number of rotatable bonds is 5. The lowest BCUT2D eigenvalue weighted by atomic mass is 10.2. The van der Waals surface area contributed by atoms with Gasteiger partial charge >= 0.3 is 0 Å². The summed E-state index contributed by atoms with van der Waals surface area (Å²) in [6.45, 7) is 7.36. The molecule has 0 aliphatic heterocycles. The molecule has 0 radical (unpaired) electrons. The lowest BCUT2D eigenvalue weighted by Gasteiger charge is -2.22. The van der Waals surface area contributed by atoms with Gasteiger partial charge in [0.25, 0.3) is 0 Å². The van der Waals surface area contributed by atoms with Crippen molar-refractivity contribution in [1.29, 1.82) is 0 Å². The standard InChI is InChI=1S/C11H18BrN3S/c1-5-9-14-8(12)6-10(15-9)13-7-11(2,3)16-4/h6H,5,7H2,1-4H3,(H,13,14,15). The molecule has 0 spiro atoms. The van der Waals surface area contributed by atoms with E-state index in [0.29, 0.717) is 0 Å². The second kappa shape index (κ2) is 5.87. The Morgan fingerprint density at radius 2 is 2.12 bits per heavy atom. The fourth-order valence-corrected chi connectivity index (χ4v) is 1.73. The predicted molar refractivity (Wildman–Crippen MR) is 75.2 cm³/mol. The van der Waals surface area contributed by atoms with E-state index in [1.165, 1.54) is 0 Å². The number of hydrogen-bond acceptors (Lipinski definition) is 4. The van der Waals surface area contributed by atoms with Crippen molar-refractivity contribution in [2.75, 3.05) is 18.1 Å². The molecule has 5 heteroatoms. The van der Waals surface area contributed by atoms with Gasteiger partial charge in [-0.2, -0.15) is 11.8 Å². The zero-order valence-electron chi connectivity index (χ0n) is 10.2. The number of hydrogen-bond donors (Lipinski definition) is 1. The molecule has 1 aromatic heterocycles. The van der Waals surface area contributed by atoms with E-state index in [2.05, 4.69) is 58.2 Å². The van der Waals surface area contributed by atoms with Gasteiger partial charge in [0.2, 0.25) is 0 Å². The second-order valence-electron chi connectivity index (χ2n) is 4.16. The number of aromatic nitrogens is 2. The quantitative estimate of drug-likeness (QED) is 0.847. The van der Waals surface area contributed by atoms with Crippen LogP contribution in [0.15, 0.2) is 10.7 Å². The molecule has 1 heterocycles. The average molecular weight is 304 g/mol. The van der Waals surface area contributed by atoms with Crippen molar-refractivity contribution in [3.8, 4) is 0 Å². The minimum absolute atomic E-state index is 0.212. The SMILES string of the molecule is CCc1nc(Br)cc(NCC(C)(C)SC)n1. The summed E-state index contributed by atoms with van der Waals surface area (Å²) in [7, 11) is 0. The molecular formula is C11H18BrN3S. The van der Waals surface area contributed by atoms with E-state index in [-0.39, 0.29) is 4.75 Å². The van der Waals surface area contributed by atoms with Gasteiger partial charge in [0.15, 0.2) is 0 Å². The van der Waals surface area contributed by atoms with Crippen LogP contribution < -0.4 is 5.32 Å². The maximum Gasteiger partial charge on any atom is 0.131 e. The zero-order valence-corrected chi connectivity index (χ0v) is 12.6. The minimum Gasteiger partial charge on any atom is -0.369 e. The smallest absolute Gasteiger partial charge is 0.131 e. The molecule has 0 atom stereocenters. The Hall–Kier alpha value is -0.290. The maximum absolute atomic E-state index is 4.43. The average Bonchev–Trinajstić information content (AvgIpc) is 2.26. The second-order valence-corrected chi connectivity index (χ2v) is 6.49. The summed E-state index contributed by atoms with van der Waals surface area (Å²) in [4.78, 5) is 8.71. The number of thioether (sulfide) groups is 1. The summed E-state index contributed by atoms with van der Waals surface area (Å²) in [5.74, 6) is 1.75. The van der Waals surface area contributed by atoms with Crippen LogP contribution in [0.5, 0.6) is 0 Å². The fourth-order valence-electron chi connectivity index (χ4n) is 1.09. The molecule has 0 aliphatic carbocycles. The number of anilines is 1. The van der Waals surface area contributed by atoms with E-state index < -0.39 is 0 Å². The van der Waals surface area contributed by atoms with Gasteiger partial charge in [-0.1, -0.05) is 6.92 Å². The third-order valence-corrected chi connectivity index (χ3v) is 3.96. The monoisotopic (exact) mass is 303 g/mol. The minimum atomic E-state index is 0.212. The summed E-state index contributed by atoms with van der Waals surface area (Å²) in [5, 5.41) is 3.35. The summed E-state index contributed by atoms with van der Waals surface area (Å²) in [6, 6.07) is 1.91. The van der Waals surface area contributed by atoms with Crippen LogP contribution in [0.2, 0.25) is 0 Å². The Morgan fingerprint density at radius 3 is 2.69 bits per heavy atom. The molecular weight excluding hydrogens is 286 g/mol. The summed E-state index contributed by atoms with van der Waals surface area (Å²) < 4.78 is 1.05. The van der Waals surface area contributed by atoms with Crippen LogP contribution >= 0.6 is 27.7 Å². The van der Waals surface area contributed by atoms with Gasteiger partial charge in [-0.05, 0) is 36.0 Å². The summed E-state index contributed by atoms with van der Waals surface area (Å²) >= 11 is 5.24. The number of aryl methyl sites for hydroxylation is 1. The van der Waals surface area contributed by atoms with Crippen molar-refractivity contribution in [2.24, 2.45) is 0 Å². The molecule has 0 aliphatic rings. The molecule has 0 bridgehead atoms. The zero-order chi connectivity index (χ0) is 12.2. The largest absolute Gasteiger partial charge is 0.369 e. The van der Waals surface area contributed by atoms with Crippen molar-refractivity contribution in [1.82, 2.24) is 9.97 Å². The van der Waals surface area contributed by atoms with E-state index in [4.69, 9.17) is 0 Å². The van der Waals surface area contributed by atoms with Crippen molar-refractivity contribution < 1.29 is 0 Å². The van der Waals surface area contributed by atoms with Crippen LogP contribution in [0.3, 0.4) is 0 Å². The summed E-state index contributed by atoms with van der Waals surface area (Å²) in [6.07, 6.45) is 2.97. The first-order chi connectivity index (χ1) is 7.46. The number of nitrogens with zero attached hydrogens (tertiary/aromatic N) is 2. The van der Waals surface area contributed by atoms with Crippen LogP contribution in [0.4, 0.5) is 5.82 Å². The van der Waals surface area contributed by atoms with Crippen molar-refractivity contribution in [2.45, 2.75) is 31.9 Å². The Balaban J connectivity index is 2.70. The predicted octanol–water partition coefficient (Wildman–Crippen LogP) is 3.36. The highest BCUT2D eigenvalue weighted by Gasteiger charge is 2.15. The molecule has 1 N–H and O–H groups in total. The highest BCUT2D eigenvalue weighted by molar-refractivity contribution is 9.10. The van der Waals surface area contributed by atoms with Crippen molar-refractivity contribution in [3.63, 3.8) is 0 Å². The van der Waals surface area contributed by atoms with E-state index in [9.17, 15) is 0 Å². The maximum atomic E-state index is 4.43. The molecule has 1 aromatic rings. The van der Waals surface area contributed by atoms with Gasteiger partial charge in [-0.3, -0.25) is 0 Å². The molecule has 0 saturated heterocycles. The van der Waals surface area contributed by atoms with E-state index in [1.807, 2.05) is 17.8 Å². The molecule has 0 fully saturated rings. The van der Waals surface area contributed by atoms with E-state index in [1.54, 1.807) is 0 Å². The van der Waals surface area contributed by atoms with Crippen LogP contribution in [0.25, 0.3) is 0 Å². The van der Waals surface area contributed by atoms with Gasteiger partial charge in [-0.25, -0.2) is 9.97 Å². The van der Waals surface area contributed by atoms with Gasteiger partial charge in [0.1, 0.15) is 16.2 Å². The Kier molecular flexibility index (Phi) is 5.05. The first-order valence-electron chi connectivity index (χ1n) is 5.29. The molecule has 0 amide bonds. The lowest BCUT2D eigenvalue weighted by molar-refractivity contribution is 0.748. The third kappa shape index (κ3) is 4.29. The molecule has 0 aromatic carbocycles. The van der Waals surface area contributed by atoms with Crippen molar-refractivity contribution in [3.05, 3.63) is 16.5 Å². The van der Waals surface area contributed by atoms with E-state index >= 15 is 0 Å². The topological polar surface area (TPSA) is 37.8 Å². The molecule has 16 heavy (non-hydrogen) atoms. The fraction of sp³-hybridized carbons (Fsp3) is 0.636. The number of halogens is 1. The lowest BCUT2D eigenvalue weighted by Crippen LogP contribution is -2.26. The highest BCUT2D eigenvalue weighted by Crippen LogP contribution is 2.22.